The molecule has 2 amide bonds. The fraction of sp³-hybridized carbons (Fsp3) is 0.355. The van der Waals surface area contributed by atoms with Crippen molar-refractivity contribution in [2.45, 2.75) is 52.6 Å². The van der Waals surface area contributed by atoms with Gasteiger partial charge in [-0.15, -0.1) is 0 Å². The van der Waals surface area contributed by atoms with Gasteiger partial charge in [-0.3, -0.25) is 13.9 Å². The molecular weight excluding hydrogens is 510 g/mol. The highest BCUT2D eigenvalue weighted by Crippen LogP contribution is 2.24. The maximum absolute atomic E-state index is 14.1. The number of para-hydroxylation sites is 1. The first kappa shape index (κ1) is 29.9. The maximum Gasteiger partial charge on any atom is 0.244 e. The van der Waals surface area contributed by atoms with Gasteiger partial charge in [0.2, 0.25) is 21.8 Å². The minimum Gasteiger partial charge on any atom is -0.354 e. The molecule has 0 aliphatic carbocycles. The Morgan fingerprint density at radius 1 is 0.872 bits per heavy atom. The number of benzene rings is 3. The Morgan fingerprint density at radius 3 is 2.13 bits per heavy atom. The molecule has 3 aromatic carbocycles. The molecule has 3 aromatic rings. The summed E-state index contributed by atoms with van der Waals surface area (Å²) in [7, 11) is -3.79. The van der Waals surface area contributed by atoms with E-state index in [1.54, 1.807) is 12.1 Å². The summed E-state index contributed by atoms with van der Waals surface area (Å²) in [6.07, 6.45) is 2.77. The van der Waals surface area contributed by atoms with Crippen LogP contribution in [0.5, 0.6) is 0 Å². The van der Waals surface area contributed by atoms with E-state index in [4.69, 9.17) is 0 Å². The van der Waals surface area contributed by atoms with Gasteiger partial charge < -0.3 is 10.2 Å². The average molecular weight is 550 g/mol. The Hall–Kier alpha value is -3.65. The topological polar surface area (TPSA) is 86.8 Å². The number of sulfonamides is 1. The van der Waals surface area contributed by atoms with Gasteiger partial charge in [0.05, 0.1) is 11.9 Å². The van der Waals surface area contributed by atoms with Gasteiger partial charge in [0.15, 0.2) is 0 Å². The number of carbonyl (C=O) groups excluding carboxylic acids is 2. The number of carbonyl (C=O) groups is 2. The lowest BCUT2D eigenvalue weighted by Crippen LogP contribution is -2.53. The maximum atomic E-state index is 14.1. The molecule has 208 valence electrons. The van der Waals surface area contributed by atoms with Gasteiger partial charge in [-0.25, -0.2) is 8.42 Å². The van der Waals surface area contributed by atoms with Gasteiger partial charge in [0, 0.05) is 19.5 Å². The molecule has 0 saturated carbocycles. The van der Waals surface area contributed by atoms with Crippen molar-refractivity contribution in [3.8, 4) is 0 Å². The second kappa shape index (κ2) is 13.9. The fourth-order valence-electron chi connectivity index (χ4n) is 4.46. The third-order valence-electron chi connectivity index (χ3n) is 6.61. The Bertz CT molecular complexity index is 1340. The summed E-state index contributed by atoms with van der Waals surface area (Å²) in [5.41, 5.74) is 4.14. The van der Waals surface area contributed by atoms with Gasteiger partial charge >= 0.3 is 0 Å². The molecular formula is C31H39N3O4S. The summed E-state index contributed by atoms with van der Waals surface area (Å²) in [6, 6.07) is 23.7. The van der Waals surface area contributed by atoms with Crippen molar-refractivity contribution in [2.75, 3.05) is 23.7 Å². The predicted octanol–water partition coefficient (Wildman–Crippen LogP) is 4.49. The van der Waals surface area contributed by atoms with Crippen LogP contribution in [0.3, 0.4) is 0 Å². The normalized spacial score (nSPS) is 12.0. The number of hydrogen-bond donors (Lipinski definition) is 1. The molecule has 0 radical (unpaired) electrons. The second-order valence-corrected chi connectivity index (χ2v) is 11.7. The quantitative estimate of drug-likeness (QED) is 0.340. The van der Waals surface area contributed by atoms with Crippen molar-refractivity contribution >= 4 is 27.5 Å². The van der Waals surface area contributed by atoms with E-state index in [2.05, 4.69) is 5.32 Å². The Balaban J connectivity index is 2.05. The Kier molecular flexibility index (Phi) is 10.7. The third kappa shape index (κ3) is 8.42. The van der Waals surface area contributed by atoms with Crippen LogP contribution in [-0.4, -0.2) is 50.5 Å². The van der Waals surface area contributed by atoms with Gasteiger partial charge in [-0.05, 0) is 42.5 Å². The first-order chi connectivity index (χ1) is 18.6. The van der Waals surface area contributed by atoms with E-state index in [1.807, 2.05) is 87.5 Å². The number of amides is 2. The highest BCUT2D eigenvalue weighted by atomic mass is 32.2. The van der Waals surface area contributed by atoms with Crippen molar-refractivity contribution in [2.24, 2.45) is 0 Å². The molecule has 1 atom stereocenters. The van der Waals surface area contributed by atoms with E-state index in [9.17, 15) is 18.0 Å². The van der Waals surface area contributed by atoms with Crippen molar-refractivity contribution in [3.05, 3.63) is 101 Å². The SMILES string of the molecule is CCCNC(=O)[C@@H](Cc1ccccc1)N(Cc1ccc(C)cc1)C(=O)CN(c1ccccc1CC)S(C)(=O)=O. The Morgan fingerprint density at radius 2 is 1.51 bits per heavy atom. The lowest BCUT2D eigenvalue weighted by molar-refractivity contribution is -0.140. The van der Waals surface area contributed by atoms with Crippen LogP contribution in [0.1, 0.15) is 42.5 Å². The zero-order valence-corrected chi connectivity index (χ0v) is 24.1. The summed E-state index contributed by atoms with van der Waals surface area (Å²) in [6.45, 7) is 6.14. The van der Waals surface area contributed by atoms with Gasteiger partial charge in [0.25, 0.3) is 0 Å². The molecule has 0 saturated heterocycles. The number of aryl methyl sites for hydroxylation is 2. The molecule has 8 heteroatoms. The molecule has 0 unspecified atom stereocenters. The van der Waals surface area contributed by atoms with E-state index in [0.29, 0.717) is 25.1 Å². The second-order valence-electron chi connectivity index (χ2n) is 9.76. The van der Waals surface area contributed by atoms with E-state index < -0.39 is 28.5 Å². The van der Waals surface area contributed by atoms with E-state index in [-0.39, 0.29) is 12.5 Å². The number of anilines is 1. The highest BCUT2D eigenvalue weighted by molar-refractivity contribution is 7.92. The van der Waals surface area contributed by atoms with E-state index in [1.165, 1.54) is 4.90 Å². The van der Waals surface area contributed by atoms with Gasteiger partial charge in [0.1, 0.15) is 12.6 Å². The molecule has 3 rings (SSSR count). The monoisotopic (exact) mass is 549 g/mol. The summed E-state index contributed by atoms with van der Waals surface area (Å²) in [5, 5.41) is 2.95. The summed E-state index contributed by atoms with van der Waals surface area (Å²) in [4.78, 5) is 29.1. The van der Waals surface area contributed by atoms with E-state index >= 15 is 0 Å². The molecule has 1 N–H and O–H groups in total. The van der Waals surface area contributed by atoms with Crippen LogP contribution in [0, 0.1) is 6.92 Å². The zero-order valence-electron chi connectivity index (χ0n) is 23.3. The van der Waals surface area contributed by atoms with Gasteiger partial charge in [-0.2, -0.15) is 0 Å². The first-order valence-corrected chi connectivity index (χ1v) is 15.2. The molecule has 0 heterocycles. The Labute approximate surface area is 232 Å². The lowest BCUT2D eigenvalue weighted by atomic mass is 10.0. The van der Waals surface area contributed by atoms with Crippen LogP contribution in [0.15, 0.2) is 78.9 Å². The number of rotatable bonds is 13. The van der Waals surface area contributed by atoms with Crippen molar-refractivity contribution in [3.63, 3.8) is 0 Å². The number of hydrogen-bond acceptors (Lipinski definition) is 4. The molecule has 0 aliphatic rings. The molecule has 0 aromatic heterocycles. The van der Waals surface area contributed by atoms with Crippen LogP contribution < -0.4 is 9.62 Å². The molecule has 0 spiro atoms. The lowest BCUT2D eigenvalue weighted by Gasteiger charge is -2.34. The predicted molar refractivity (Wildman–Crippen MR) is 157 cm³/mol. The molecule has 7 nitrogen and oxygen atoms in total. The minimum atomic E-state index is -3.79. The summed E-state index contributed by atoms with van der Waals surface area (Å²) >= 11 is 0. The van der Waals surface area contributed by atoms with Crippen LogP contribution in [-0.2, 0) is 39.0 Å². The molecule has 0 fully saturated rings. The summed E-state index contributed by atoms with van der Waals surface area (Å²) in [5.74, 6) is -0.708. The molecule has 0 aliphatic heterocycles. The molecule has 39 heavy (non-hydrogen) atoms. The van der Waals surface area contributed by atoms with Crippen LogP contribution in [0.25, 0.3) is 0 Å². The van der Waals surface area contributed by atoms with Crippen molar-refractivity contribution in [1.82, 2.24) is 10.2 Å². The van der Waals surface area contributed by atoms with Crippen molar-refractivity contribution < 1.29 is 18.0 Å². The minimum absolute atomic E-state index is 0.170. The number of nitrogens with zero attached hydrogens (tertiary/aromatic N) is 2. The van der Waals surface area contributed by atoms with Gasteiger partial charge in [-0.1, -0.05) is 92.2 Å². The van der Waals surface area contributed by atoms with Crippen LogP contribution >= 0.6 is 0 Å². The standard InChI is InChI=1S/C31H39N3O4S/c1-5-20-32-31(36)29(21-25-12-8-7-9-13-25)33(22-26-18-16-24(3)17-19-26)30(35)23-34(39(4,37)38)28-15-11-10-14-27(28)6-2/h7-19,29H,5-6,20-23H2,1-4H3,(H,32,36)/t29-/m1/s1. The highest BCUT2D eigenvalue weighted by Gasteiger charge is 2.33. The summed E-state index contributed by atoms with van der Waals surface area (Å²) < 4.78 is 27.1. The zero-order chi connectivity index (χ0) is 28.4. The van der Waals surface area contributed by atoms with Crippen LogP contribution in [0.4, 0.5) is 5.69 Å². The third-order valence-corrected chi connectivity index (χ3v) is 7.74. The first-order valence-electron chi connectivity index (χ1n) is 13.4. The van der Waals surface area contributed by atoms with E-state index in [0.717, 1.165) is 39.2 Å². The number of nitrogens with one attached hydrogen (secondary N) is 1. The fourth-order valence-corrected chi connectivity index (χ4v) is 5.34. The smallest absolute Gasteiger partial charge is 0.244 e. The molecule has 0 bridgehead atoms. The van der Waals surface area contributed by atoms with Crippen LogP contribution in [0.2, 0.25) is 0 Å². The van der Waals surface area contributed by atoms with Crippen molar-refractivity contribution in [1.29, 1.82) is 0 Å². The average Bonchev–Trinajstić information content (AvgIpc) is 2.93. The largest absolute Gasteiger partial charge is 0.354 e.